The maximum absolute atomic E-state index is 13.2. The predicted molar refractivity (Wildman–Crippen MR) is 39.1 cm³/mol. The van der Waals surface area contributed by atoms with Crippen LogP contribution < -0.4 is 5.32 Å². The molecular formula is C7H14FNO2. The Morgan fingerprint density at radius 1 is 1.45 bits per heavy atom. The SMILES string of the molecule is COC1(OC)CCNCC1F. The molecule has 1 saturated heterocycles. The molecule has 0 aromatic heterocycles. The molecule has 0 aliphatic carbocycles. The lowest BCUT2D eigenvalue weighted by Gasteiger charge is -2.37. The van der Waals surface area contributed by atoms with Crippen LogP contribution in [-0.2, 0) is 9.47 Å². The summed E-state index contributed by atoms with van der Waals surface area (Å²) in [5.74, 6) is -1.01. The lowest BCUT2D eigenvalue weighted by atomic mass is 10.0. The molecule has 1 rings (SSSR count). The summed E-state index contributed by atoms with van der Waals surface area (Å²) in [5.41, 5.74) is 0. The zero-order valence-electron chi connectivity index (χ0n) is 6.89. The van der Waals surface area contributed by atoms with Gasteiger partial charge in [-0.3, -0.25) is 0 Å². The van der Waals surface area contributed by atoms with Crippen LogP contribution in [0.5, 0.6) is 0 Å². The van der Waals surface area contributed by atoms with Crippen molar-refractivity contribution < 1.29 is 13.9 Å². The first-order valence-corrected chi connectivity index (χ1v) is 3.70. The first-order valence-electron chi connectivity index (χ1n) is 3.70. The van der Waals surface area contributed by atoms with E-state index in [1.54, 1.807) is 0 Å². The molecule has 3 nitrogen and oxygen atoms in total. The topological polar surface area (TPSA) is 30.5 Å². The van der Waals surface area contributed by atoms with Crippen molar-refractivity contribution in [3.05, 3.63) is 0 Å². The summed E-state index contributed by atoms with van der Waals surface area (Å²) < 4.78 is 23.2. The monoisotopic (exact) mass is 163 g/mol. The molecule has 4 heteroatoms. The fourth-order valence-electron chi connectivity index (χ4n) is 1.35. The highest BCUT2D eigenvalue weighted by Crippen LogP contribution is 2.25. The van der Waals surface area contributed by atoms with Crippen molar-refractivity contribution in [1.82, 2.24) is 5.32 Å². The Balaban J connectivity index is 2.61. The van der Waals surface area contributed by atoms with Crippen molar-refractivity contribution in [2.75, 3.05) is 27.3 Å². The van der Waals surface area contributed by atoms with Gasteiger partial charge in [-0.1, -0.05) is 0 Å². The third kappa shape index (κ3) is 1.52. The van der Waals surface area contributed by atoms with Crippen LogP contribution in [-0.4, -0.2) is 39.3 Å². The molecule has 0 radical (unpaired) electrons. The number of hydrogen-bond acceptors (Lipinski definition) is 3. The van der Waals surface area contributed by atoms with E-state index < -0.39 is 12.0 Å². The van der Waals surface area contributed by atoms with Gasteiger partial charge in [0.1, 0.15) is 0 Å². The second-order valence-electron chi connectivity index (χ2n) is 2.64. The van der Waals surface area contributed by atoms with Crippen molar-refractivity contribution in [3.8, 4) is 0 Å². The number of ether oxygens (including phenoxy) is 2. The highest BCUT2D eigenvalue weighted by molar-refractivity contribution is 4.86. The fraction of sp³-hybridized carbons (Fsp3) is 1.00. The average Bonchev–Trinajstić information content (AvgIpc) is 2.06. The number of methoxy groups -OCH3 is 2. The standard InChI is InChI=1S/C7H14FNO2/c1-10-7(11-2)3-4-9-5-6(7)8/h6,9H,3-5H2,1-2H3. The molecule has 0 bridgehead atoms. The Bertz CT molecular complexity index is 128. The molecule has 0 spiro atoms. The molecule has 66 valence electrons. The van der Waals surface area contributed by atoms with Crippen LogP contribution in [0.15, 0.2) is 0 Å². The highest BCUT2D eigenvalue weighted by Gasteiger charge is 2.41. The van der Waals surface area contributed by atoms with Crippen LogP contribution in [0.3, 0.4) is 0 Å². The van der Waals surface area contributed by atoms with Crippen molar-refractivity contribution in [2.45, 2.75) is 18.4 Å². The number of rotatable bonds is 2. The van der Waals surface area contributed by atoms with Gasteiger partial charge in [-0.05, 0) is 0 Å². The third-order valence-corrected chi connectivity index (χ3v) is 2.14. The summed E-state index contributed by atoms with van der Waals surface area (Å²) in [6.45, 7) is 1.05. The molecule has 1 heterocycles. The van der Waals surface area contributed by atoms with E-state index in [9.17, 15) is 4.39 Å². The molecule has 0 aromatic rings. The van der Waals surface area contributed by atoms with Crippen LogP contribution in [0.25, 0.3) is 0 Å². The predicted octanol–water partition coefficient (Wildman–Crippen LogP) is 0.307. The number of hydrogen-bond donors (Lipinski definition) is 1. The van der Waals surface area contributed by atoms with Gasteiger partial charge in [0.05, 0.1) is 0 Å². The summed E-state index contributed by atoms with van der Waals surface area (Å²) in [4.78, 5) is 0. The molecule has 11 heavy (non-hydrogen) atoms. The minimum absolute atomic E-state index is 0.307. The zero-order chi connectivity index (χ0) is 8.32. The van der Waals surface area contributed by atoms with Crippen LogP contribution >= 0.6 is 0 Å². The Labute approximate surface area is 65.9 Å². The van der Waals surface area contributed by atoms with Crippen LogP contribution in [0.2, 0.25) is 0 Å². The van der Waals surface area contributed by atoms with Crippen LogP contribution in [0.1, 0.15) is 6.42 Å². The summed E-state index contributed by atoms with van der Waals surface area (Å²) in [6, 6.07) is 0. The van der Waals surface area contributed by atoms with Gasteiger partial charge in [-0.2, -0.15) is 0 Å². The van der Waals surface area contributed by atoms with Crippen molar-refractivity contribution in [3.63, 3.8) is 0 Å². The Morgan fingerprint density at radius 3 is 2.45 bits per heavy atom. The first-order chi connectivity index (χ1) is 5.25. The minimum Gasteiger partial charge on any atom is -0.351 e. The van der Waals surface area contributed by atoms with Crippen LogP contribution in [0, 0.1) is 0 Å². The lowest BCUT2D eigenvalue weighted by molar-refractivity contribution is -0.251. The minimum atomic E-state index is -1.08. The van der Waals surface area contributed by atoms with Gasteiger partial charge in [0.2, 0.25) is 5.79 Å². The fourth-order valence-corrected chi connectivity index (χ4v) is 1.35. The highest BCUT2D eigenvalue weighted by atomic mass is 19.1. The maximum atomic E-state index is 13.2. The molecule has 1 unspecified atom stereocenters. The van der Waals surface area contributed by atoms with E-state index in [0.717, 1.165) is 6.54 Å². The summed E-state index contributed by atoms with van der Waals surface area (Å²) >= 11 is 0. The van der Waals surface area contributed by atoms with E-state index in [0.29, 0.717) is 13.0 Å². The molecule has 1 fully saturated rings. The van der Waals surface area contributed by atoms with E-state index in [-0.39, 0.29) is 0 Å². The molecule has 0 amide bonds. The molecule has 1 aliphatic rings. The molecule has 0 saturated carbocycles. The summed E-state index contributed by atoms with van der Waals surface area (Å²) in [6.07, 6.45) is -0.521. The molecule has 1 N–H and O–H groups in total. The van der Waals surface area contributed by atoms with Crippen molar-refractivity contribution >= 4 is 0 Å². The smallest absolute Gasteiger partial charge is 0.201 e. The number of alkyl halides is 1. The Morgan fingerprint density at radius 2 is 2.09 bits per heavy atom. The zero-order valence-corrected chi connectivity index (χ0v) is 6.89. The molecule has 0 aromatic carbocycles. The van der Waals surface area contributed by atoms with E-state index in [2.05, 4.69) is 5.32 Å². The number of nitrogens with one attached hydrogen (secondary N) is 1. The summed E-state index contributed by atoms with van der Waals surface area (Å²) in [7, 11) is 2.95. The van der Waals surface area contributed by atoms with E-state index >= 15 is 0 Å². The second kappa shape index (κ2) is 3.47. The van der Waals surface area contributed by atoms with Crippen molar-refractivity contribution in [1.29, 1.82) is 0 Å². The number of halogens is 1. The van der Waals surface area contributed by atoms with Gasteiger partial charge in [-0.25, -0.2) is 4.39 Å². The second-order valence-corrected chi connectivity index (χ2v) is 2.64. The Kier molecular flexibility index (Phi) is 2.81. The van der Waals surface area contributed by atoms with Gasteiger partial charge in [0, 0.05) is 33.7 Å². The Hall–Kier alpha value is -0.190. The summed E-state index contributed by atoms with van der Waals surface area (Å²) in [5, 5.41) is 2.92. The van der Waals surface area contributed by atoms with E-state index in [4.69, 9.17) is 9.47 Å². The average molecular weight is 163 g/mol. The third-order valence-electron chi connectivity index (χ3n) is 2.14. The van der Waals surface area contributed by atoms with Gasteiger partial charge in [0.15, 0.2) is 6.17 Å². The van der Waals surface area contributed by atoms with Gasteiger partial charge in [0.25, 0.3) is 0 Å². The largest absolute Gasteiger partial charge is 0.351 e. The normalized spacial score (nSPS) is 30.3. The van der Waals surface area contributed by atoms with Gasteiger partial charge >= 0.3 is 0 Å². The maximum Gasteiger partial charge on any atom is 0.201 e. The lowest BCUT2D eigenvalue weighted by Crippen LogP contribution is -2.54. The van der Waals surface area contributed by atoms with E-state index in [1.807, 2.05) is 0 Å². The van der Waals surface area contributed by atoms with E-state index in [1.165, 1.54) is 14.2 Å². The van der Waals surface area contributed by atoms with Gasteiger partial charge in [-0.15, -0.1) is 0 Å². The van der Waals surface area contributed by atoms with Crippen molar-refractivity contribution in [2.24, 2.45) is 0 Å². The van der Waals surface area contributed by atoms with Gasteiger partial charge < -0.3 is 14.8 Å². The molecule has 1 atom stereocenters. The number of piperidine rings is 1. The quantitative estimate of drug-likeness (QED) is 0.594. The first kappa shape index (κ1) is 8.90. The molecule has 1 aliphatic heterocycles. The van der Waals surface area contributed by atoms with Crippen LogP contribution in [0.4, 0.5) is 4.39 Å². The molecular weight excluding hydrogens is 149 g/mol.